The predicted octanol–water partition coefficient (Wildman–Crippen LogP) is 10.6. The van der Waals surface area contributed by atoms with Crippen LogP contribution in [-0.2, 0) is 0 Å². The van der Waals surface area contributed by atoms with Crippen LogP contribution in [0.25, 0.3) is 0 Å². The monoisotopic (exact) mass is 422 g/mol. The van der Waals surface area contributed by atoms with Gasteiger partial charge >= 0.3 is 0 Å². The molecule has 0 radical (unpaired) electrons. The molecular formula is C28H54S. The molecule has 172 valence electrons. The molecule has 0 atom stereocenters. The molecule has 0 spiro atoms. The summed E-state index contributed by atoms with van der Waals surface area (Å²) in [5.41, 5.74) is 0. The van der Waals surface area contributed by atoms with E-state index in [0.717, 1.165) is 0 Å². The van der Waals surface area contributed by atoms with Crippen LogP contribution in [0.2, 0.25) is 0 Å². The van der Waals surface area contributed by atoms with Crippen LogP contribution in [-0.4, -0.2) is 9.49 Å². The molecule has 2 aliphatic rings. The minimum absolute atomic E-state index is 0.635. The average molecular weight is 423 g/mol. The number of hydrogen-bond donors (Lipinski definition) is 0. The minimum Gasteiger partial charge on any atom is -0.148 e. The highest BCUT2D eigenvalue weighted by atomic mass is 32.2. The fourth-order valence-corrected chi connectivity index (χ4v) is 8.51. The van der Waals surface area contributed by atoms with Crippen molar-refractivity contribution in [1.29, 1.82) is 0 Å². The molecule has 2 aliphatic carbocycles. The third-order valence-electron chi connectivity index (χ3n) is 7.93. The van der Waals surface area contributed by atoms with Crippen LogP contribution in [0.15, 0.2) is 0 Å². The second-order valence-corrected chi connectivity index (χ2v) is 12.6. The first-order chi connectivity index (χ1) is 14.2. The zero-order valence-electron chi connectivity index (χ0n) is 20.4. The molecule has 0 heterocycles. The van der Waals surface area contributed by atoms with E-state index in [-0.39, 0.29) is 0 Å². The molecule has 0 nitrogen and oxygen atoms in total. The van der Waals surface area contributed by atoms with Gasteiger partial charge in [-0.15, -0.1) is 11.8 Å². The van der Waals surface area contributed by atoms with Gasteiger partial charge in [-0.25, -0.2) is 0 Å². The molecule has 2 fully saturated rings. The van der Waals surface area contributed by atoms with Gasteiger partial charge in [-0.1, -0.05) is 129 Å². The summed E-state index contributed by atoms with van der Waals surface area (Å²) < 4.78 is 1.27. The first kappa shape index (κ1) is 25.6. The van der Waals surface area contributed by atoms with Gasteiger partial charge in [0.15, 0.2) is 0 Å². The molecule has 0 aromatic heterocycles. The molecular weight excluding hydrogens is 368 g/mol. The topological polar surface area (TPSA) is 0 Å². The van der Waals surface area contributed by atoms with Gasteiger partial charge < -0.3 is 0 Å². The smallest absolute Gasteiger partial charge is 0.0165 e. The van der Waals surface area contributed by atoms with Crippen molar-refractivity contribution >= 4 is 11.8 Å². The molecule has 0 aromatic rings. The van der Waals surface area contributed by atoms with Crippen LogP contribution in [0, 0.1) is 0 Å². The largest absolute Gasteiger partial charge is 0.148 e. The Labute approximate surface area is 189 Å². The van der Waals surface area contributed by atoms with Crippen molar-refractivity contribution in [3.63, 3.8) is 0 Å². The Bertz CT molecular complexity index is 336. The second-order valence-electron chi connectivity index (χ2n) is 10.6. The summed E-state index contributed by atoms with van der Waals surface area (Å²) in [5.74, 6) is 0. The van der Waals surface area contributed by atoms with Crippen molar-refractivity contribution in [3.8, 4) is 0 Å². The number of thioether (sulfide) groups is 1. The van der Waals surface area contributed by atoms with Crippen molar-refractivity contribution in [3.05, 3.63) is 0 Å². The Morgan fingerprint density at radius 3 is 1.14 bits per heavy atom. The zero-order chi connectivity index (χ0) is 20.7. The molecule has 2 saturated carbocycles. The number of hydrogen-bond acceptors (Lipinski definition) is 1. The van der Waals surface area contributed by atoms with E-state index in [1.807, 2.05) is 0 Å². The van der Waals surface area contributed by atoms with Crippen LogP contribution in [0.4, 0.5) is 0 Å². The Kier molecular flexibility index (Phi) is 13.4. The van der Waals surface area contributed by atoms with Crippen LogP contribution in [0.1, 0.15) is 168 Å². The molecule has 0 amide bonds. The normalized spacial score (nSPS) is 22.1. The van der Waals surface area contributed by atoms with E-state index in [1.165, 1.54) is 154 Å². The lowest BCUT2D eigenvalue weighted by molar-refractivity contribution is 0.411. The molecule has 0 saturated heterocycles. The summed E-state index contributed by atoms with van der Waals surface area (Å²) >= 11 is 2.59. The average Bonchev–Trinajstić information content (AvgIpc) is 3.09. The standard InChI is InChI=1S/C28H54S/c1-3-5-7-9-15-21-27(23-17-11-12-18-24-27)29-28(22-16-10-8-6-4-2)25-19-13-14-20-26-28/h3-26H2,1-2H3. The molecule has 2 rings (SSSR count). The molecule has 0 unspecified atom stereocenters. The van der Waals surface area contributed by atoms with Crippen LogP contribution in [0.5, 0.6) is 0 Å². The second kappa shape index (κ2) is 15.2. The van der Waals surface area contributed by atoms with Gasteiger partial charge in [-0.3, -0.25) is 0 Å². The predicted molar refractivity (Wildman–Crippen MR) is 135 cm³/mol. The highest BCUT2D eigenvalue weighted by molar-refractivity contribution is 8.02. The van der Waals surface area contributed by atoms with Crippen LogP contribution >= 0.6 is 11.8 Å². The Morgan fingerprint density at radius 2 is 0.793 bits per heavy atom. The molecule has 0 aromatic carbocycles. The van der Waals surface area contributed by atoms with E-state index in [0.29, 0.717) is 9.49 Å². The number of rotatable bonds is 14. The lowest BCUT2D eigenvalue weighted by Crippen LogP contribution is -2.35. The third kappa shape index (κ3) is 10.0. The van der Waals surface area contributed by atoms with E-state index in [1.54, 1.807) is 0 Å². The molecule has 0 N–H and O–H groups in total. The maximum Gasteiger partial charge on any atom is 0.0165 e. The van der Waals surface area contributed by atoms with Crippen molar-refractivity contribution in [2.75, 3.05) is 0 Å². The van der Waals surface area contributed by atoms with Gasteiger partial charge in [-0.05, 0) is 38.5 Å². The van der Waals surface area contributed by atoms with Crippen LogP contribution < -0.4 is 0 Å². The maximum atomic E-state index is 2.59. The fraction of sp³-hybridized carbons (Fsp3) is 1.00. The number of unbranched alkanes of at least 4 members (excludes halogenated alkanes) is 8. The molecule has 29 heavy (non-hydrogen) atoms. The van der Waals surface area contributed by atoms with Crippen molar-refractivity contribution in [2.24, 2.45) is 0 Å². The van der Waals surface area contributed by atoms with E-state index in [9.17, 15) is 0 Å². The Balaban J connectivity index is 2.01. The Morgan fingerprint density at radius 1 is 0.448 bits per heavy atom. The van der Waals surface area contributed by atoms with Gasteiger partial charge in [0.1, 0.15) is 0 Å². The van der Waals surface area contributed by atoms with E-state index in [4.69, 9.17) is 0 Å². The maximum absolute atomic E-state index is 2.59. The minimum atomic E-state index is 0.635. The lowest BCUT2D eigenvalue weighted by Gasteiger charge is -2.44. The fourth-order valence-electron chi connectivity index (χ4n) is 6.11. The summed E-state index contributed by atoms with van der Waals surface area (Å²) in [4.78, 5) is 0. The summed E-state index contributed by atoms with van der Waals surface area (Å²) in [6, 6.07) is 0. The zero-order valence-corrected chi connectivity index (χ0v) is 21.2. The van der Waals surface area contributed by atoms with Crippen molar-refractivity contribution in [2.45, 2.75) is 177 Å². The van der Waals surface area contributed by atoms with Crippen molar-refractivity contribution < 1.29 is 0 Å². The first-order valence-corrected chi connectivity index (χ1v) is 14.8. The molecule has 0 aliphatic heterocycles. The molecule has 0 bridgehead atoms. The van der Waals surface area contributed by atoms with Gasteiger partial charge in [0.2, 0.25) is 0 Å². The van der Waals surface area contributed by atoms with E-state index in [2.05, 4.69) is 25.6 Å². The van der Waals surface area contributed by atoms with Crippen molar-refractivity contribution in [1.82, 2.24) is 0 Å². The van der Waals surface area contributed by atoms with Gasteiger partial charge in [-0.2, -0.15) is 0 Å². The molecule has 1 heteroatoms. The summed E-state index contributed by atoms with van der Waals surface area (Å²) in [7, 11) is 0. The highest BCUT2D eigenvalue weighted by Crippen LogP contribution is 2.54. The van der Waals surface area contributed by atoms with Gasteiger partial charge in [0, 0.05) is 9.49 Å². The lowest BCUT2D eigenvalue weighted by atomic mass is 9.91. The van der Waals surface area contributed by atoms with E-state index >= 15 is 0 Å². The Hall–Kier alpha value is 0.350. The summed E-state index contributed by atoms with van der Waals surface area (Å²) in [6.07, 6.45) is 35.8. The van der Waals surface area contributed by atoms with E-state index < -0.39 is 0 Å². The van der Waals surface area contributed by atoms with Gasteiger partial charge in [0.25, 0.3) is 0 Å². The highest BCUT2D eigenvalue weighted by Gasteiger charge is 2.41. The summed E-state index contributed by atoms with van der Waals surface area (Å²) in [5, 5.41) is 0. The van der Waals surface area contributed by atoms with Gasteiger partial charge in [0.05, 0.1) is 0 Å². The SMILES string of the molecule is CCCCCCCC1(SC2(CCCCCCC)CCCCCC2)CCCCCC1. The first-order valence-electron chi connectivity index (χ1n) is 13.9. The van der Waals surface area contributed by atoms with Crippen LogP contribution in [0.3, 0.4) is 0 Å². The third-order valence-corrected chi connectivity index (χ3v) is 10.0. The quantitative estimate of drug-likeness (QED) is 0.198. The summed E-state index contributed by atoms with van der Waals surface area (Å²) in [6.45, 7) is 4.69.